The van der Waals surface area contributed by atoms with Gasteiger partial charge in [0.2, 0.25) is 5.91 Å². The number of benzene rings is 1. The molecule has 7 nitrogen and oxygen atoms in total. The molecule has 0 saturated carbocycles. The monoisotopic (exact) mass is 291 g/mol. The molecule has 1 aromatic rings. The summed E-state index contributed by atoms with van der Waals surface area (Å²) >= 11 is 0. The van der Waals surface area contributed by atoms with Gasteiger partial charge in [-0.15, -0.1) is 0 Å². The van der Waals surface area contributed by atoms with Crippen molar-refractivity contribution in [1.29, 1.82) is 0 Å². The molecular weight excluding hydrogens is 274 g/mol. The maximum absolute atomic E-state index is 11.9. The maximum atomic E-state index is 11.9. The van der Waals surface area contributed by atoms with E-state index in [0.717, 1.165) is 0 Å². The van der Waals surface area contributed by atoms with Crippen LogP contribution in [0.25, 0.3) is 0 Å². The van der Waals surface area contributed by atoms with Crippen LogP contribution in [0.2, 0.25) is 0 Å². The van der Waals surface area contributed by atoms with Gasteiger partial charge in [-0.3, -0.25) is 4.79 Å². The summed E-state index contributed by atoms with van der Waals surface area (Å²) < 4.78 is 0. The van der Waals surface area contributed by atoms with Crippen molar-refractivity contribution in [3.63, 3.8) is 0 Å². The highest BCUT2D eigenvalue weighted by molar-refractivity contribution is 5.95. The van der Waals surface area contributed by atoms with Crippen molar-refractivity contribution < 1.29 is 19.5 Å². The first-order valence-electron chi connectivity index (χ1n) is 6.55. The van der Waals surface area contributed by atoms with Crippen LogP contribution in [0, 0.1) is 6.92 Å². The van der Waals surface area contributed by atoms with E-state index in [9.17, 15) is 14.4 Å². The van der Waals surface area contributed by atoms with Gasteiger partial charge in [0.1, 0.15) is 6.04 Å². The summed E-state index contributed by atoms with van der Waals surface area (Å²) in [5, 5.41) is 14.1. The third kappa shape index (κ3) is 3.31. The Balaban J connectivity index is 2.00. The smallest absolute Gasteiger partial charge is 0.335 e. The zero-order valence-electron chi connectivity index (χ0n) is 11.8. The highest BCUT2D eigenvalue weighted by atomic mass is 16.4. The van der Waals surface area contributed by atoms with Gasteiger partial charge < -0.3 is 20.6 Å². The second-order valence-corrected chi connectivity index (χ2v) is 5.03. The minimum Gasteiger partial charge on any atom is -0.478 e. The molecule has 21 heavy (non-hydrogen) atoms. The summed E-state index contributed by atoms with van der Waals surface area (Å²) in [6.45, 7) is 2.33. The van der Waals surface area contributed by atoms with Crippen molar-refractivity contribution >= 4 is 23.6 Å². The SMILES string of the molecule is Cc1cc(C(=O)O)ccc1NC(=O)NC1CCN(C)C1=O. The molecule has 1 unspecified atom stereocenters. The van der Waals surface area contributed by atoms with Crippen LogP contribution in [0.5, 0.6) is 0 Å². The van der Waals surface area contributed by atoms with Crippen LogP contribution in [-0.4, -0.2) is 47.5 Å². The number of likely N-dealkylation sites (tertiary alicyclic amines) is 1. The van der Waals surface area contributed by atoms with Gasteiger partial charge in [0.15, 0.2) is 0 Å². The van der Waals surface area contributed by atoms with Gasteiger partial charge in [-0.1, -0.05) is 0 Å². The van der Waals surface area contributed by atoms with E-state index in [2.05, 4.69) is 10.6 Å². The molecule has 1 fully saturated rings. The van der Waals surface area contributed by atoms with Crippen LogP contribution < -0.4 is 10.6 Å². The van der Waals surface area contributed by atoms with Gasteiger partial charge in [0.05, 0.1) is 5.56 Å². The molecule has 3 amide bonds. The van der Waals surface area contributed by atoms with Crippen molar-refractivity contribution in [2.24, 2.45) is 0 Å². The molecule has 1 aliphatic heterocycles. The summed E-state index contributed by atoms with van der Waals surface area (Å²) in [5.74, 6) is -1.13. The summed E-state index contributed by atoms with van der Waals surface area (Å²) in [7, 11) is 1.69. The first kappa shape index (κ1) is 14.8. The lowest BCUT2D eigenvalue weighted by atomic mass is 10.1. The quantitative estimate of drug-likeness (QED) is 0.775. The summed E-state index contributed by atoms with van der Waals surface area (Å²) in [6, 6.07) is 3.44. The average Bonchev–Trinajstić information content (AvgIpc) is 2.73. The van der Waals surface area contributed by atoms with Gasteiger partial charge in [0.25, 0.3) is 0 Å². The number of nitrogens with one attached hydrogen (secondary N) is 2. The van der Waals surface area contributed by atoms with E-state index in [1.807, 2.05) is 0 Å². The Kier molecular flexibility index (Phi) is 4.11. The van der Waals surface area contributed by atoms with E-state index < -0.39 is 18.0 Å². The van der Waals surface area contributed by atoms with Crippen LogP contribution in [-0.2, 0) is 4.79 Å². The molecule has 3 N–H and O–H groups in total. The van der Waals surface area contributed by atoms with E-state index in [-0.39, 0.29) is 11.5 Å². The van der Waals surface area contributed by atoms with Crippen LogP contribution >= 0.6 is 0 Å². The van der Waals surface area contributed by atoms with Crippen molar-refractivity contribution in [3.05, 3.63) is 29.3 Å². The number of aromatic carboxylic acids is 1. The Labute approximate surface area is 121 Å². The zero-order valence-corrected chi connectivity index (χ0v) is 11.8. The van der Waals surface area contributed by atoms with E-state index >= 15 is 0 Å². The molecule has 112 valence electrons. The number of amides is 3. The van der Waals surface area contributed by atoms with Crippen LogP contribution in [0.15, 0.2) is 18.2 Å². The van der Waals surface area contributed by atoms with Gasteiger partial charge >= 0.3 is 12.0 Å². The lowest BCUT2D eigenvalue weighted by Gasteiger charge is -2.14. The Morgan fingerprint density at radius 3 is 2.62 bits per heavy atom. The van der Waals surface area contributed by atoms with Crippen LogP contribution in [0.4, 0.5) is 10.5 Å². The molecule has 1 aliphatic rings. The first-order chi connectivity index (χ1) is 9.88. The Bertz CT molecular complexity index is 600. The Morgan fingerprint density at radius 1 is 1.38 bits per heavy atom. The molecule has 2 rings (SSSR count). The van der Waals surface area contributed by atoms with E-state index in [1.165, 1.54) is 18.2 Å². The van der Waals surface area contributed by atoms with Crippen molar-refractivity contribution in [2.45, 2.75) is 19.4 Å². The van der Waals surface area contributed by atoms with Crippen molar-refractivity contribution in [3.8, 4) is 0 Å². The molecular formula is C14H17N3O4. The molecule has 0 aromatic heterocycles. The van der Waals surface area contributed by atoms with E-state index in [0.29, 0.717) is 24.2 Å². The summed E-state index contributed by atoms with van der Waals surface area (Å²) in [5.41, 5.74) is 1.31. The number of urea groups is 1. The number of carboxylic acids is 1. The molecule has 0 aliphatic carbocycles. The molecule has 1 aromatic carbocycles. The number of hydrogen-bond acceptors (Lipinski definition) is 3. The fraction of sp³-hybridized carbons (Fsp3) is 0.357. The molecule has 0 spiro atoms. The number of likely N-dealkylation sites (N-methyl/N-ethyl adjacent to an activating group) is 1. The molecule has 0 radical (unpaired) electrons. The Morgan fingerprint density at radius 2 is 2.10 bits per heavy atom. The van der Waals surface area contributed by atoms with E-state index in [1.54, 1.807) is 18.9 Å². The Hall–Kier alpha value is -2.57. The minimum absolute atomic E-state index is 0.108. The number of aryl methyl sites for hydroxylation is 1. The fourth-order valence-corrected chi connectivity index (χ4v) is 2.21. The number of carbonyl (C=O) groups is 3. The molecule has 1 atom stereocenters. The standard InChI is InChI=1S/C14H17N3O4/c1-8-7-9(13(19)20)3-4-10(8)15-14(21)16-11-5-6-17(2)12(11)18/h3-4,7,11H,5-6H2,1-2H3,(H,19,20)(H2,15,16,21). The van der Waals surface area contributed by atoms with Gasteiger partial charge in [0, 0.05) is 19.3 Å². The number of nitrogens with zero attached hydrogens (tertiary/aromatic N) is 1. The van der Waals surface area contributed by atoms with Crippen LogP contribution in [0.1, 0.15) is 22.3 Å². The van der Waals surface area contributed by atoms with Gasteiger partial charge in [-0.2, -0.15) is 0 Å². The predicted molar refractivity (Wildman–Crippen MR) is 76.3 cm³/mol. The number of anilines is 1. The number of carboxylic acid groups (broad SMARTS) is 1. The summed E-state index contributed by atoms with van der Waals surface area (Å²) in [6.07, 6.45) is 0.583. The minimum atomic E-state index is -1.02. The molecule has 1 saturated heterocycles. The second-order valence-electron chi connectivity index (χ2n) is 5.03. The number of carbonyl (C=O) groups excluding carboxylic acids is 2. The highest BCUT2D eigenvalue weighted by Crippen LogP contribution is 2.17. The summed E-state index contributed by atoms with van der Waals surface area (Å²) in [4.78, 5) is 36.0. The fourth-order valence-electron chi connectivity index (χ4n) is 2.21. The largest absolute Gasteiger partial charge is 0.478 e. The first-order valence-corrected chi connectivity index (χ1v) is 6.55. The van der Waals surface area contributed by atoms with Gasteiger partial charge in [-0.25, -0.2) is 9.59 Å². The van der Waals surface area contributed by atoms with Gasteiger partial charge in [-0.05, 0) is 37.1 Å². The number of rotatable bonds is 3. The molecule has 7 heteroatoms. The lowest BCUT2D eigenvalue weighted by molar-refractivity contribution is -0.128. The van der Waals surface area contributed by atoms with Crippen LogP contribution in [0.3, 0.4) is 0 Å². The van der Waals surface area contributed by atoms with E-state index in [4.69, 9.17) is 5.11 Å². The zero-order chi connectivity index (χ0) is 15.6. The third-order valence-electron chi connectivity index (χ3n) is 3.45. The molecule has 0 bridgehead atoms. The maximum Gasteiger partial charge on any atom is 0.335 e. The third-order valence-corrected chi connectivity index (χ3v) is 3.45. The number of hydrogen-bond donors (Lipinski definition) is 3. The normalized spacial score (nSPS) is 17.7. The van der Waals surface area contributed by atoms with Crippen molar-refractivity contribution in [1.82, 2.24) is 10.2 Å². The topological polar surface area (TPSA) is 98.7 Å². The second kappa shape index (κ2) is 5.82. The highest BCUT2D eigenvalue weighted by Gasteiger charge is 2.30. The molecule has 1 heterocycles. The average molecular weight is 291 g/mol. The lowest BCUT2D eigenvalue weighted by Crippen LogP contribution is -2.42. The predicted octanol–water partition coefficient (Wildman–Crippen LogP) is 1.05. The van der Waals surface area contributed by atoms with Crippen molar-refractivity contribution in [2.75, 3.05) is 18.9 Å².